The van der Waals surface area contributed by atoms with Crippen LogP contribution in [0.25, 0.3) is 0 Å². The van der Waals surface area contributed by atoms with Crippen molar-refractivity contribution in [2.45, 2.75) is 19.5 Å². The third-order valence-corrected chi connectivity index (χ3v) is 5.54. The van der Waals surface area contributed by atoms with E-state index in [1.165, 1.54) is 0 Å². The van der Waals surface area contributed by atoms with Gasteiger partial charge in [0.25, 0.3) is 0 Å². The Morgan fingerprint density at radius 2 is 1.62 bits per heavy atom. The number of hydrogen-bond acceptors (Lipinski definition) is 8. The van der Waals surface area contributed by atoms with Gasteiger partial charge >= 0.3 is 0 Å². The number of benzene rings is 2. The number of nitrogens with zero attached hydrogens (tertiary/aromatic N) is 3. The molecular formula is C24H28N4O4. The second-order valence-corrected chi connectivity index (χ2v) is 7.50. The lowest BCUT2D eigenvalue weighted by Crippen LogP contribution is -2.31. The summed E-state index contributed by atoms with van der Waals surface area (Å²) in [6.45, 7) is 2.40. The molecule has 168 valence electrons. The van der Waals surface area contributed by atoms with Gasteiger partial charge in [0.2, 0.25) is 5.95 Å². The first-order chi connectivity index (χ1) is 15.6. The van der Waals surface area contributed by atoms with Crippen LogP contribution >= 0.6 is 0 Å². The average Bonchev–Trinajstić information content (AvgIpc) is 2.84. The summed E-state index contributed by atoms with van der Waals surface area (Å²) in [7, 11) is 6.58. The van der Waals surface area contributed by atoms with Gasteiger partial charge in [0, 0.05) is 55.1 Å². The molecule has 0 amide bonds. The first-order valence-corrected chi connectivity index (χ1v) is 10.4. The summed E-state index contributed by atoms with van der Waals surface area (Å²) in [6.07, 6.45) is 2.76. The lowest BCUT2D eigenvalue weighted by Gasteiger charge is -2.28. The van der Waals surface area contributed by atoms with Crippen molar-refractivity contribution in [1.29, 1.82) is 0 Å². The van der Waals surface area contributed by atoms with Crippen LogP contribution in [-0.4, -0.2) is 49.9 Å². The molecule has 0 atom stereocenters. The SMILES string of the molecule is COc1ccc(Nc2ncc3c(n2)CCN(Cc2cc(OC)c(OC)cc2OC)C3)cc1. The Morgan fingerprint density at radius 3 is 2.31 bits per heavy atom. The molecule has 8 nitrogen and oxygen atoms in total. The molecule has 0 fully saturated rings. The lowest BCUT2D eigenvalue weighted by molar-refractivity contribution is 0.238. The molecule has 0 bridgehead atoms. The molecule has 1 aliphatic rings. The Kier molecular flexibility index (Phi) is 6.61. The van der Waals surface area contributed by atoms with Crippen LogP contribution in [-0.2, 0) is 19.5 Å². The molecule has 1 N–H and O–H groups in total. The van der Waals surface area contributed by atoms with Crippen LogP contribution in [0.15, 0.2) is 42.6 Å². The Bertz CT molecular complexity index is 1070. The summed E-state index contributed by atoms with van der Waals surface area (Å²) in [5.74, 6) is 3.54. The molecule has 0 saturated heterocycles. The predicted molar refractivity (Wildman–Crippen MR) is 122 cm³/mol. The Hall–Kier alpha value is -3.52. The summed E-state index contributed by atoms with van der Waals surface area (Å²) in [5, 5.41) is 3.26. The van der Waals surface area contributed by atoms with Gasteiger partial charge in [-0.2, -0.15) is 0 Å². The summed E-state index contributed by atoms with van der Waals surface area (Å²) >= 11 is 0. The lowest BCUT2D eigenvalue weighted by atomic mass is 10.1. The maximum Gasteiger partial charge on any atom is 0.227 e. The number of rotatable bonds is 8. The van der Waals surface area contributed by atoms with Gasteiger partial charge in [-0.3, -0.25) is 4.90 Å². The van der Waals surface area contributed by atoms with Crippen LogP contribution in [0.4, 0.5) is 11.6 Å². The fourth-order valence-electron chi connectivity index (χ4n) is 3.83. The number of anilines is 2. The topological polar surface area (TPSA) is 78.0 Å². The monoisotopic (exact) mass is 436 g/mol. The maximum absolute atomic E-state index is 5.58. The van der Waals surface area contributed by atoms with E-state index in [9.17, 15) is 0 Å². The minimum Gasteiger partial charge on any atom is -0.497 e. The van der Waals surface area contributed by atoms with Gasteiger partial charge in [-0.1, -0.05) is 0 Å². The van der Waals surface area contributed by atoms with Gasteiger partial charge in [-0.05, 0) is 30.3 Å². The first-order valence-electron chi connectivity index (χ1n) is 10.4. The van der Waals surface area contributed by atoms with Crippen LogP contribution in [0.5, 0.6) is 23.0 Å². The van der Waals surface area contributed by atoms with E-state index >= 15 is 0 Å². The van der Waals surface area contributed by atoms with E-state index in [2.05, 4.69) is 15.2 Å². The second-order valence-electron chi connectivity index (χ2n) is 7.50. The van der Waals surface area contributed by atoms with Gasteiger partial charge in [0.1, 0.15) is 11.5 Å². The number of aromatic nitrogens is 2. The van der Waals surface area contributed by atoms with E-state index < -0.39 is 0 Å². The van der Waals surface area contributed by atoms with Gasteiger partial charge in [-0.15, -0.1) is 0 Å². The molecule has 0 unspecified atom stereocenters. The molecule has 32 heavy (non-hydrogen) atoms. The van der Waals surface area contributed by atoms with Crippen molar-refractivity contribution < 1.29 is 18.9 Å². The van der Waals surface area contributed by atoms with E-state index in [-0.39, 0.29) is 0 Å². The fourth-order valence-corrected chi connectivity index (χ4v) is 3.83. The minimum atomic E-state index is 0.601. The van der Waals surface area contributed by atoms with E-state index in [0.29, 0.717) is 17.4 Å². The highest BCUT2D eigenvalue weighted by molar-refractivity contribution is 5.55. The van der Waals surface area contributed by atoms with Crippen molar-refractivity contribution in [1.82, 2.24) is 14.9 Å². The van der Waals surface area contributed by atoms with E-state index in [1.54, 1.807) is 28.4 Å². The molecule has 4 rings (SSSR count). The highest BCUT2D eigenvalue weighted by Crippen LogP contribution is 2.35. The van der Waals surface area contributed by atoms with Gasteiger partial charge in [-0.25, -0.2) is 9.97 Å². The molecular weight excluding hydrogens is 408 g/mol. The quantitative estimate of drug-likeness (QED) is 0.571. The molecule has 0 saturated carbocycles. The number of hydrogen-bond donors (Lipinski definition) is 1. The minimum absolute atomic E-state index is 0.601. The standard InChI is InChI=1S/C24H28N4O4/c1-29-19-7-5-18(6-8-19)26-24-25-13-17-15-28(10-9-20(17)27-24)14-16-11-22(31-3)23(32-4)12-21(16)30-2/h5-8,11-13H,9-10,14-15H2,1-4H3,(H,25,26,27). The Labute approximate surface area is 188 Å². The molecule has 0 spiro atoms. The van der Waals surface area contributed by atoms with Crippen molar-refractivity contribution in [2.24, 2.45) is 0 Å². The highest BCUT2D eigenvalue weighted by atomic mass is 16.5. The van der Waals surface area contributed by atoms with E-state index in [0.717, 1.165) is 60.1 Å². The van der Waals surface area contributed by atoms with Gasteiger partial charge in [0.05, 0.1) is 34.1 Å². The predicted octanol–water partition coefficient (Wildman–Crippen LogP) is 3.81. The van der Waals surface area contributed by atoms with Crippen molar-refractivity contribution >= 4 is 11.6 Å². The first kappa shape index (κ1) is 21.7. The third kappa shape index (κ3) is 4.70. The normalized spacial score (nSPS) is 13.2. The zero-order chi connectivity index (χ0) is 22.5. The van der Waals surface area contributed by atoms with Crippen molar-refractivity contribution in [3.63, 3.8) is 0 Å². The zero-order valence-electron chi connectivity index (χ0n) is 18.8. The molecule has 0 aliphatic carbocycles. The number of methoxy groups -OCH3 is 4. The van der Waals surface area contributed by atoms with E-state index in [4.69, 9.17) is 23.9 Å². The number of fused-ring (bicyclic) bond motifs is 1. The van der Waals surface area contributed by atoms with Crippen molar-refractivity contribution in [3.8, 4) is 23.0 Å². The van der Waals surface area contributed by atoms with Crippen LogP contribution in [0.3, 0.4) is 0 Å². The van der Waals surface area contributed by atoms with Crippen LogP contribution in [0, 0.1) is 0 Å². The Morgan fingerprint density at radius 1 is 0.906 bits per heavy atom. The van der Waals surface area contributed by atoms with Crippen molar-refractivity contribution in [3.05, 3.63) is 59.4 Å². The molecule has 8 heteroatoms. The summed E-state index contributed by atoms with van der Waals surface area (Å²) < 4.78 is 21.6. The molecule has 2 aromatic carbocycles. The molecule has 1 aromatic heterocycles. The third-order valence-electron chi connectivity index (χ3n) is 5.54. The largest absolute Gasteiger partial charge is 0.497 e. The van der Waals surface area contributed by atoms with Crippen LogP contribution < -0.4 is 24.3 Å². The summed E-state index contributed by atoms with van der Waals surface area (Å²) in [6, 6.07) is 11.5. The Balaban J connectivity index is 1.46. The smallest absolute Gasteiger partial charge is 0.227 e. The molecule has 3 aromatic rings. The fraction of sp³-hybridized carbons (Fsp3) is 0.333. The summed E-state index contributed by atoms with van der Waals surface area (Å²) in [5.41, 5.74) is 4.18. The average molecular weight is 437 g/mol. The van der Waals surface area contributed by atoms with Crippen molar-refractivity contribution in [2.75, 3.05) is 40.3 Å². The van der Waals surface area contributed by atoms with Gasteiger partial charge in [0.15, 0.2) is 11.5 Å². The highest BCUT2D eigenvalue weighted by Gasteiger charge is 2.21. The molecule has 1 aliphatic heterocycles. The molecule has 0 radical (unpaired) electrons. The zero-order valence-corrected chi connectivity index (χ0v) is 18.8. The van der Waals surface area contributed by atoms with Crippen LogP contribution in [0.1, 0.15) is 16.8 Å². The van der Waals surface area contributed by atoms with Crippen LogP contribution in [0.2, 0.25) is 0 Å². The van der Waals surface area contributed by atoms with Gasteiger partial charge < -0.3 is 24.3 Å². The number of nitrogens with one attached hydrogen (secondary N) is 1. The summed E-state index contributed by atoms with van der Waals surface area (Å²) in [4.78, 5) is 11.6. The van der Waals surface area contributed by atoms with E-state index in [1.807, 2.05) is 42.6 Å². The molecule has 2 heterocycles. The maximum atomic E-state index is 5.58. The number of ether oxygens (including phenoxy) is 4. The second kappa shape index (κ2) is 9.74.